The number of benzene rings is 1. The minimum Gasteiger partial charge on any atom is -0.0831 e. The second kappa shape index (κ2) is 6.63. The van der Waals surface area contributed by atoms with E-state index in [1.165, 1.54) is 61.6 Å². The summed E-state index contributed by atoms with van der Waals surface area (Å²) in [5, 5.41) is 0. The molecule has 1 unspecified atom stereocenters. The summed E-state index contributed by atoms with van der Waals surface area (Å²) in [4.78, 5) is 0. The maximum Gasteiger partial charge on any atom is 0.0172 e. The number of allylic oxidation sites excluding steroid dienone is 6. The van der Waals surface area contributed by atoms with Gasteiger partial charge in [0.25, 0.3) is 0 Å². The Morgan fingerprint density at radius 2 is 1.64 bits per heavy atom. The average molecular weight is 333 g/mol. The van der Waals surface area contributed by atoms with Gasteiger partial charge in [0, 0.05) is 5.41 Å². The van der Waals surface area contributed by atoms with E-state index in [1.54, 1.807) is 11.1 Å². The Labute approximate surface area is 153 Å². The van der Waals surface area contributed by atoms with Gasteiger partial charge in [0.15, 0.2) is 0 Å². The van der Waals surface area contributed by atoms with Gasteiger partial charge in [-0.05, 0) is 87.0 Å². The summed E-state index contributed by atoms with van der Waals surface area (Å²) in [6, 6.07) is 6.76. The molecule has 0 heteroatoms. The van der Waals surface area contributed by atoms with Crippen molar-refractivity contribution in [2.45, 2.75) is 65.7 Å². The summed E-state index contributed by atoms with van der Waals surface area (Å²) >= 11 is 0. The van der Waals surface area contributed by atoms with Crippen molar-refractivity contribution in [2.24, 2.45) is 17.3 Å². The van der Waals surface area contributed by atoms with Crippen LogP contribution >= 0.6 is 0 Å². The van der Waals surface area contributed by atoms with Crippen LogP contribution in [0.4, 0.5) is 0 Å². The largest absolute Gasteiger partial charge is 0.0831 e. The Morgan fingerprint density at radius 3 is 2.36 bits per heavy atom. The molecule has 0 aliphatic heterocycles. The highest BCUT2D eigenvalue weighted by atomic mass is 14.5. The maximum absolute atomic E-state index is 2.54. The lowest BCUT2D eigenvalue weighted by Gasteiger charge is -2.32. The quantitative estimate of drug-likeness (QED) is 0.564. The Bertz CT molecular complexity index is 717. The predicted octanol–water partition coefficient (Wildman–Crippen LogP) is 6.88. The lowest BCUT2D eigenvalue weighted by Crippen LogP contribution is -2.20. The molecule has 1 aromatic carbocycles. The molecule has 1 aromatic rings. The molecule has 1 atom stereocenters. The summed E-state index contributed by atoms with van der Waals surface area (Å²) in [5.41, 5.74) is 8.07. The fraction of sp³-hybridized carbons (Fsp3) is 0.520. The van der Waals surface area contributed by atoms with Gasteiger partial charge in [0.1, 0.15) is 0 Å². The Kier molecular flexibility index (Phi) is 4.48. The number of aryl methyl sites for hydroxylation is 2. The van der Waals surface area contributed by atoms with Crippen molar-refractivity contribution in [1.82, 2.24) is 0 Å². The van der Waals surface area contributed by atoms with Gasteiger partial charge in [-0.1, -0.05) is 60.9 Å². The average Bonchev–Trinajstić information content (AvgIpc) is 3.26. The zero-order valence-corrected chi connectivity index (χ0v) is 16.1. The van der Waals surface area contributed by atoms with E-state index >= 15 is 0 Å². The van der Waals surface area contributed by atoms with Crippen molar-refractivity contribution in [2.75, 3.05) is 0 Å². The van der Waals surface area contributed by atoms with Crippen molar-refractivity contribution in [3.8, 4) is 0 Å². The molecule has 1 fully saturated rings. The summed E-state index contributed by atoms with van der Waals surface area (Å²) in [7, 11) is 0. The van der Waals surface area contributed by atoms with Crippen LogP contribution in [0.3, 0.4) is 0 Å². The van der Waals surface area contributed by atoms with Crippen LogP contribution in [0.5, 0.6) is 0 Å². The molecular weight excluding hydrogens is 300 g/mol. The molecule has 3 aliphatic rings. The molecular formula is C25H32. The third-order valence-corrected chi connectivity index (χ3v) is 6.93. The van der Waals surface area contributed by atoms with Crippen molar-refractivity contribution in [3.63, 3.8) is 0 Å². The second-order valence-electron chi connectivity index (χ2n) is 8.92. The Hall–Kier alpha value is -1.56. The number of hydrogen-bond donors (Lipinski definition) is 0. The first kappa shape index (κ1) is 16.9. The molecule has 0 nitrogen and oxygen atoms in total. The first-order chi connectivity index (χ1) is 12.1. The predicted molar refractivity (Wildman–Crippen MR) is 108 cm³/mol. The molecule has 0 amide bonds. The van der Waals surface area contributed by atoms with Gasteiger partial charge >= 0.3 is 0 Å². The van der Waals surface area contributed by atoms with Gasteiger partial charge in [0.05, 0.1) is 0 Å². The minimum absolute atomic E-state index is 0.443. The van der Waals surface area contributed by atoms with E-state index in [2.05, 4.69) is 63.3 Å². The van der Waals surface area contributed by atoms with Crippen LogP contribution in [0.1, 0.15) is 62.1 Å². The third-order valence-electron chi connectivity index (χ3n) is 6.93. The highest BCUT2D eigenvalue weighted by Gasteiger charge is 2.44. The van der Waals surface area contributed by atoms with Crippen LogP contribution in [0, 0.1) is 31.1 Å². The molecule has 3 aliphatic carbocycles. The van der Waals surface area contributed by atoms with Crippen molar-refractivity contribution >= 4 is 0 Å². The van der Waals surface area contributed by atoms with Gasteiger partial charge in [-0.25, -0.2) is 0 Å². The monoisotopic (exact) mass is 332 g/mol. The number of fused-ring (bicyclic) bond motifs is 1. The van der Waals surface area contributed by atoms with E-state index in [1.807, 2.05) is 0 Å². The van der Waals surface area contributed by atoms with E-state index in [9.17, 15) is 0 Å². The van der Waals surface area contributed by atoms with E-state index in [-0.39, 0.29) is 0 Å². The first-order valence-electron chi connectivity index (χ1n) is 10.2. The van der Waals surface area contributed by atoms with Crippen LogP contribution in [-0.2, 0) is 6.42 Å². The molecule has 0 bridgehead atoms. The highest BCUT2D eigenvalue weighted by Crippen LogP contribution is 2.56. The fourth-order valence-corrected chi connectivity index (χ4v) is 5.25. The summed E-state index contributed by atoms with van der Waals surface area (Å²) in [5.74, 6) is 1.83. The molecule has 0 saturated heterocycles. The summed E-state index contributed by atoms with van der Waals surface area (Å²) < 4.78 is 0. The molecule has 0 aromatic heterocycles. The molecule has 0 radical (unpaired) electrons. The van der Waals surface area contributed by atoms with Crippen molar-refractivity contribution < 1.29 is 0 Å². The minimum atomic E-state index is 0.443. The van der Waals surface area contributed by atoms with Gasteiger partial charge in [0.2, 0.25) is 0 Å². The smallest absolute Gasteiger partial charge is 0.0172 e. The second-order valence-corrected chi connectivity index (χ2v) is 8.92. The van der Waals surface area contributed by atoms with Crippen LogP contribution < -0.4 is 0 Å². The standard InChI is InChI=1S/C25H32/c1-18-6-5-13-25(17-23(25)14-18)16-22-11-9-21(10-12-22)15-24-19(2)7-4-8-20(24)3/h4-8,14,17,21-22H,9-13,15-16H2,1-3H3. The van der Waals surface area contributed by atoms with Crippen LogP contribution in [0.15, 0.2) is 53.6 Å². The van der Waals surface area contributed by atoms with Crippen LogP contribution in [-0.4, -0.2) is 0 Å². The van der Waals surface area contributed by atoms with Gasteiger partial charge in [-0.2, -0.15) is 0 Å². The zero-order valence-electron chi connectivity index (χ0n) is 16.1. The highest BCUT2D eigenvalue weighted by molar-refractivity contribution is 5.52. The van der Waals surface area contributed by atoms with Crippen LogP contribution in [0.25, 0.3) is 0 Å². The van der Waals surface area contributed by atoms with Gasteiger partial charge in [-0.3, -0.25) is 0 Å². The van der Waals surface area contributed by atoms with Crippen molar-refractivity contribution in [3.05, 3.63) is 70.3 Å². The zero-order chi connectivity index (χ0) is 17.4. The topological polar surface area (TPSA) is 0 Å². The molecule has 1 saturated carbocycles. The summed E-state index contributed by atoms with van der Waals surface area (Å²) in [6.07, 6.45) is 19.3. The molecule has 4 rings (SSSR count). The maximum atomic E-state index is 2.54. The first-order valence-corrected chi connectivity index (χ1v) is 10.2. The molecule has 25 heavy (non-hydrogen) atoms. The Balaban J connectivity index is 1.32. The van der Waals surface area contributed by atoms with Crippen molar-refractivity contribution in [1.29, 1.82) is 0 Å². The van der Waals surface area contributed by atoms with E-state index < -0.39 is 0 Å². The summed E-state index contributed by atoms with van der Waals surface area (Å²) in [6.45, 7) is 6.79. The molecule has 132 valence electrons. The van der Waals surface area contributed by atoms with Gasteiger partial charge < -0.3 is 0 Å². The van der Waals surface area contributed by atoms with E-state index in [0.717, 1.165) is 11.8 Å². The van der Waals surface area contributed by atoms with E-state index in [0.29, 0.717) is 5.41 Å². The van der Waals surface area contributed by atoms with E-state index in [4.69, 9.17) is 0 Å². The lowest BCUT2D eigenvalue weighted by molar-refractivity contribution is 0.234. The third kappa shape index (κ3) is 3.54. The van der Waals surface area contributed by atoms with Crippen LogP contribution in [0.2, 0.25) is 0 Å². The molecule has 0 heterocycles. The Morgan fingerprint density at radius 1 is 0.960 bits per heavy atom. The van der Waals surface area contributed by atoms with Gasteiger partial charge in [-0.15, -0.1) is 0 Å². The molecule has 0 N–H and O–H groups in total. The number of hydrogen-bond acceptors (Lipinski definition) is 0. The fourth-order valence-electron chi connectivity index (χ4n) is 5.25. The SMILES string of the molecule is CC1=CC2=CC2(CC2CCC(Cc3c(C)cccc3C)CC2)CC=C1. The normalized spacial score (nSPS) is 31.0. The lowest BCUT2D eigenvalue weighted by atomic mass is 9.73. The molecule has 0 spiro atoms. The number of rotatable bonds is 4.